The molecule has 3 N–H and O–H groups in total. The molecule has 0 radical (unpaired) electrons. The SMILES string of the molecule is CCc1nc2c(N)nc3ccccc3c2n1CCCCNC(=O)c1ccc(I)cc1. The summed E-state index contributed by atoms with van der Waals surface area (Å²) in [5.41, 5.74) is 9.61. The molecule has 0 fully saturated rings. The van der Waals surface area contributed by atoms with E-state index >= 15 is 0 Å². The molecule has 0 atom stereocenters. The lowest BCUT2D eigenvalue weighted by Crippen LogP contribution is -2.24. The Bertz CT molecular complexity index is 1200. The van der Waals surface area contributed by atoms with Crippen LogP contribution in [0.2, 0.25) is 0 Å². The van der Waals surface area contributed by atoms with E-state index in [2.05, 4.69) is 50.4 Å². The standard InChI is InChI=1S/C23H24IN5O/c1-2-19-28-20-21(17-7-3-4-8-18(17)27-22(20)25)29(19)14-6-5-13-26-23(30)15-9-11-16(24)12-10-15/h3-4,7-12H,2,5-6,13-14H2,1H3,(H2,25,27)(H,26,30). The fraction of sp³-hybridized carbons (Fsp3) is 0.261. The molecular formula is C23H24IN5O. The van der Waals surface area contributed by atoms with E-state index in [1.807, 2.05) is 42.5 Å². The number of halogens is 1. The zero-order chi connectivity index (χ0) is 21.1. The number of hydrogen-bond acceptors (Lipinski definition) is 4. The van der Waals surface area contributed by atoms with Crippen molar-refractivity contribution < 1.29 is 4.79 Å². The minimum Gasteiger partial charge on any atom is -0.382 e. The number of para-hydroxylation sites is 1. The highest BCUT2D eigenvalue weighted by molar-refractivity contribution is 14.1. The molecule has 0 aliphatic rings. The molecule has 0 aliphatic carbocycles. The number of hydrogen-bond donors (Lipinski definition) is 2. The van der Waals surface area contributed by atoms with E-state index in [1.54, 1.807) is 0 Å². The largest absolute Gasteiger partial charge is 0.382 e. The Kier molecular flexibility index (Phi) is 6.17. The van der Waals surface area contributed by atoms with Gasteiger partial charge in [0.2, 0.25) is 0 Å². The first-order valence-electron chi connectivity index (χ1n) is 10.2. The number of benzene rings is 2. The van der Waals surface area contributed by atoms with Gasteiger partial charge >= 0.3 is 0 Å². The van der Waals surface area contributed by atoms with Gasteiger partial charge in [-0.05, 0) is 65.8 Å². The van der Waals surface area contributed by atoms with Crippen LogP contribution in [-0.4, -0.2) is 27.0 Å². The van der Waals surface area contributed by atoms with Crippen LogP contribution in [0.5, 0.6) is 0 Å². The number of amides is 1. The van der Waals surface area contributed by atoms with Crippen LogP contribution in [0.25, 0.3) is 21.9 Å². The van der Waals surface area contributed by atoms with Crippen molar-refractivity contribution in [1.29, 1.82) is 0 Å². The van der Waals surface area contributed by atoms with Crippen molar-refractivity contribution in [1.82, 2.24) is 19.9 Å². The number of imidazole rings is 1. The van der Waals surface area contributed by atoms with Crippen LogP contribution in [0.15, 0.2) is 48.5 Å². The van der Waals surface area contributed by atoms with Gasteiger partial charge in [-0.25, -0.2) is 9.97 Å². The van der Waals surface area contributed by atoms with E-state index in [0.29, 0.717) is 17.9 Å². The minimum absolute atomic E-state index is 0.0291. The summed E-state index contributed by atoms with van der Waals surface area (Å²) in [7, 11) is 0. The maximum absolute atomic E-state index is 12.3. The van der Waals surface area contributed by atoms with E-state index in [0.717, 1.165) is 57.1 Å². The van der Waals surface area contributed by atoms with Crippen LogP contribution in [0.4, 0.5) is 5.82 Å². The predicted octanol–water partition coefficient (Wildman–Crippen LogP) is 4.54. The molecule has 30 heavy (non-hydrogen) atoms. The van der Waals surface area contributed by atoms with Gasteiger partial charge in [-0.15, -0.1) is 0 Å². The Morgan fingerprint density at radius 3 is 2.63 bits per heavy atom. The van der Waals surface area contributed by atoms with Gasteiger partial charge in [-0.3, -0.25) is 4.79 Å². The number of rotatable bonds is 7. The molecule has 0 saturated heterocycles. The van der Waals surface area contributed by atoms with Gasteiger partial charge in [0, 0.05) is 34.0 Å². The van der Waals surface area contributed by atoms with Crippen molar-refractivity contribution in [2.45, 2.75) is 32.7 Å². The number of unbranched alkanes of at least 4 members (excludes halogenated alkanes) is 1. The average molecular weight is 513 g/mol. The molecular weight excluding hydrogens is 489 g/mol. The van der Waals surface area contributed by atoms with Gasteiger partial charge in [0.1, 0.15) is 11.3 Å². The van der Waals surface area contributed by atoms with Crippen molar-refractivity contribution in [3.8, 4) is 0 Å². The number of anilines is 1. The van der Waals surface area contributed by atoms with E-state index in [9.17, 15) is 4.79 Å². The number of pyridine rings is 1. The van der Waals surface area contributed by atoms with Crippen molar-refractivity contribution >= 4 is 56.3 Å². The first-order chi connectivity index (χ1) is 14.6. The second kappa shape index (κ2) is 8.99. The molecule has 7 heteroatoms. The molecule has 1 amide bonds. The maximum Gasteiger partial charge on any atom is 0.251 e. The fourth-order valence-electron chi connectivity index (χ4n) is 3.72. The molecule has 154 valence electrons. The number of carbonyl (C=O) groups is 1. The van der Waals surface area contributed by atoms with Gasteiger partial charge in [0.25, 0.3) is 5.91 Å². The number of nitrogens with two attached hydrogens (primary N) is 1. The van der Waals surface area contributed by atoms with Gasteiger partial charge in [-0.1, -0.05) is 25.1 Å². The third kappa shape index (κ3) is 4.12. The number of aromatic nitrogens is 3. The Labute approximate surface area is 189 Å². The number of nitrogen functional groups attached to an aromatic ring is 1. The summed E-state index contributed by atoms with van der Waals surface area (Å²) in [5.74, 6) is 1.46. The Morgan fingerprint density at radius 2 is 1.87 bits per heavy atom. The fourth-order valence-corrected chi connectivity index (χ4v) is 4.08. The third-order valence-corrected chi connectivity index (χ3v) is 5.93. The summed E-state index contributed by atoms with van der Waals surface area (Å²) in [5, 5.41) is 4.08. The van der Waals surface area contributed by atoms with Gasteiger partial charge in [0.15, 0.2) is 5.82 Å². The van der Waals surface area contributed by atoms with Gasteiger partial charge in [0.05, 0.1) is 11.0 Å². The zero-order valence-electron chi connectivity index (χ0n) is 16.9. The summed E-state index contributed by atoms with van der Waals surface area (Å²) in [6.45, 7) is 3.57. The van der Waals surface area contributed by atoms with Gasteiger partial charge < -0.3 is 15.6 Å². The highest BCUT2D eigenvalue weighted by Gasteiger charge is 2.16. The molecule has 0 bridgehead atoms. The van der Waals surface area contributed by atoms with Crippen LogP contribution in [0, 0.1) is 3.57 Å². The maximum atomic E-state index is 12.3. The molecule has 4 rings (SSSR count). The van der Waals surface area contributed by atoms with Crippen molar-refractivity contribution in [3.05, 3.63) is 63.5 Å². The molecule has 0 spiro atoms. The molecule has 0 unspecified atom stereocenters. The van der Waals surface area contributed by atoms with Crippen LogP contribution in [0.3, 0.4) is 0 Å². The van der Waals surface area contributed by atoms with Crippen molar-refractivity contribution in [2.75, 3.05) is 12.3 Å². The molecule has 2 aromatic carbocycles. The average Bonchev–Trinajstić information content (AvgIpc) is 3.13. The number of nitrogens with zero attached hydrogens (tertiary/aromatic N) is 3. The molecule has 0 saturated carbocycles. The summed E-state index contributed by atoms with van der Waals surface area (Å²) >= 11 is 2.23. The third-order valence-electron chi connectivity index (χ3n) is 5.21. The number of nitrogens with one attached hydrogen (secondary N) is 1. The second-order valence-corrected chi connectivity index (χ2v) is 8.46. The number of carbonyl (C=O) groups excluding carboxylic acids is 1. The number of aryl methyl sites for hydroxylation is 2. The Hall–Kier alpha value is -2.68. The van der Waals surface area contributed by atoms with Crippen LogP contribution >= 0.6 is 22.6 Å². The van der Waals surface area contributed by atoms with E-state index in [4.69, 9.17) is 10.7 Å². The lowest BCUT2D eigenvalue weighted by Gasteiger charge is -2.11. The topological polar surface area (TPSA) is 85.8 Å². The van der Waals surface area contributed by atoms with Crippen LogP contribution in [-0.2, 0) is 13.0 Å². The van der Waals surface area contributed by atoms with Crippen LogP contribution < -0.4 is 11.1 Å². The Balaban J connectivity index is 1.46. The lowest BCUT2D eigenvalue weighted by molar-refractivity contribution is 0.0953. The highest BCUT2D eigenvalue weighted by Crippen LogP contribution is 2.29. The van der Waals surface area contributed by atoms with Crippen molar-refractivity contribution in [2.24, 2.45) is 0 Å². The van der Waals surface area contributed by atoms with Crippen molar-refractivity contribution in [3.63, 3.8) is 0 Å². The van der Waals surface area contributed by atoms with E-state index < -0.39 is 0 Å². The molecule has 6 nitrogen and oxygen atoms in total. The summed E-state index contributed by atoms with van der Waals surface area (Å²) in [4.78, 5) is 21.5. The summed E-state index contributed by atoms with van der Waals surface area (Å²) in [6, 6.07) is 15.6. The van der Waals surface area contributed by atoms with E-state index in [1.165, 1.54) is 0 Å². The van der Waals surface area contributed by atoms with E-state index in [-0.39, 0.29) is 5.91 Å². The van der Waals surface area contributed by atoms with Crippen LogP contribution in [0.1, 0.15) is 35.9 Å². The normalized spacial score (nSPS) is 11.3. The highest BCUT2D eigenvalue weighted by atomic mass is 127. The molecule has 4 aromatic rings. The lowest BCUT2D eigenvalue weighted by atomic mass is 10.2. The minimum atomic E-state index is -0.0291. The summed E-state index contributed by atoms with van der Waals surface area (Å²) < 4.78 is 3.38. The molecule has 2 aromatic heterocycles. The molecule has 0 aliphatic heterocycles. The zero-order valence-corrected chi connectivity index (χ0v) is 19.0. The Morgan fingerprint density at radius 1 is 1.10 bits per heavy atom. The monoisotopic (exact) mass is 513 g/mol. The quantitative estimate of drug-likeness (QED) is 0.281. The molecule has 2 heterocycles. The second-order valence-electron chi connectivity index (χ2n) is 7.21. The predicted molar refractivity (Wildman–Crippen MR) is 130 cm³/mol. The number of fused-ring (bicyclic) bond motifs is 3. The smallest absolute Gasteiger partial charge is 0.251 e. The first-order valence-corrected chi connectivity index (χ1v) is 11.2. The summed E-state index contributed by atoms with van der Waals surface area (Å²) in [6.07, 6.45) is 2.64. The first kappa shape index (κ1) is 20.6. The van der Waals surface area contributed by atoms with Gasteiger partial charge in [-0.2, -0.15) is 0 Å².